The van der Waals surface area contributed by atoms with Gasteiger partial charge in [-0.2, -0.15) is 0 Å². The van der Waals surface area contributed by atoms with Gasteiger partial charge in [0.2, 0.25) is 0 Å². The van der Waals surface area contributed by atoms with Crippen molar-refractivity contribution in [3.05, 3.63) is 46.3 Å². The molecule has 1 aromatic carbocycles. The molecule has 0 bridgehead atoms. The van der Waals surface area contributed by atoms with E-state index in [4.69, 9.17) is 9.26 Å². The molecule has 2 aliphatic rings. The number of likely N-dealkylation sites (tertiary alicyclic amines) is 1. The highest BCUT2D eigenvalue weighted by Crippen LogP contribution is 2.34. The number of amides is 1. The maximum atomic E-state index is 12.8. The molecule has 2 aliphatic heterocycles. The normalized spacial score (nSPS) is 20.3. The predicted molar refractivity (Wildman–Crippen MR) is 99.1 cm³/mol. The van der Waals surface area contributed by atoms with Crippen LogP contribution in [0.5, 0.6) is 5.75 Å². The first-order valence-electron chi connectivity index (χ1n) is 9.46. The van der Waals surface area contributed by atoms with Gasteiger partial charge in [-0.3, -0.25) is 9.59 Å². The first-order valence-corrected chi connectivity index (χ1v) is 9.46. The van der Waals surface area contributed by atoms with Crippen LogP contribution in [0.15, 0.2) is 22.7 Å². The second kappa shape index (κ2) is 6.83. The zero-order chi connectivity index (χ0) is 19.1. The number of hydrogen-bond acceptors (Lipinski definition) is 5. The molecule has 1 amide bonds. The Labute approximate surface area is 158 Å². The topological polar surface area (TPSA) is 72.6 Å². The van der Waals surface area contributed by atoms with Crippen molar-refractivity contribution < 1.29 is 18.8 Å². The first-order chi connectivity index (χ1) is 12.9. The number of piperidine rings is 1. The van der Waals surface area contributed by atoms with Crippen molar-refractivity contribution in [2.75, 3.05) is 13.1 Å². The molecule has 0 spiro atoms. The molecule has 1 aromatic heterocycles. The predicted octanol–water partition coefficient (Wildman–Crippen LogP) is 3.49. The summed E-state index contributed by atoms with van der Waals surface area (Å²) < 4.78 is 11.3. The first kappa shape index (κ1) is 17.8. The molecule has 1 saturated heterocycles. The quantitative estimate of drug-likeness (QED) is 0.811. The maximum absolute atomic E-state index is 12.8. The fourth-order valence-corrected chi connectivity index (χ4v) is 4.15. The molecule has 1 fully saturated rings. The van der Waals surface area contributed by atoms with E-state index in [1.54, 1.807) is 13.8 Å². The summed E-state index contributed by atoms with van der Waals surface area (Å²) in [5.41, 5.74) is 2.96. The zero-order valence-electron chi connectivity index (χ0n) is 15.9. The number of carbonyl (C=O) groups is 2. The lowest BCUT2D eigenvalue weighted by Crippen LogP contribution is -2.44. The number of fused-ring (bicyclic) bond motifs is 1. The largest absolute Gasteiger partial charge is 0.489 e. The summed E-state index contributed by atoms with van der Waals surface area (Å²) in [7, 11) is 0. The average molecular weight is 368 g/mol. The van der Waals surface area contributed by atoms with Crippen molar-refractivity contribution in [3.63, 3.8) is 0 Å². The maximum Gasteiger partial charge on any atom is 0.259 e. The summed E-state index contributed by atoms with van der Waals surface area (Å²) in [4.78, 5) is 27.2. The Morgan fingerprint density at radius 3 is 2.59 bits per heavy atom. The van der Waals surface area contributed by atoms with Gasteiger partial charge in [-0.15, -0.1) is 0 Å². The van der Waals surface area contributed by atoms with E-state index in [0.29, 0.717) is 47.8 Å². The Balaban J connectivity index is 1.42. The third kappa shape index (κ3) is 3.24. The van der Waals surface area contributed by atoms with Crippen LogP contribution < -0.4 is 4.74 Å². The van der Waals surface area contributed by atoms with Crippen LogP contribution in [-0.4, -0.2) is 40.9 Å². The van der Waals surface area contributed by atoms with Crippen LogP contribution in [0.2, 0.25) is 0 Å². The van der Waals surface area contributed by atoms with Crippen LogP contribution in [0, 0.1) is 26.7 Å². The third-order valence-electron chi connectivity index (χ3n) is 5.70. The summed E-state index contributed by atoms with van der Waals surface area (Å²) in [5.74, 6) is 1.66. The number of ether oxygens (including phenoxy) is 1. The highest BCUT2D eigenvalue weighted by molar-refractivity contribution is 6.00. The minimum Gasteiger partial charge on any atom is -0.489 e. The van der Waals surface area contributed by atoms with Gasteiger partial charge in [0, 0.05) is 19.5 Å². The number of benzene rings is 1. The van der Waals surface area contributed by atoms with Gasteiger partial charge in [-0.05, 0) is 51.7 Å². The van der Waals surface area contributed by atoms with E-state index in [0.717, 1.165) is 18.4 Å². The molecule has 0 radical (unpaired) electrons. The highest BCUT2D eigenvalue weighted by Gasteiger charge is 2.36. The van der Waals surface area contributed by atoms with E-state index in [1.807, 2.05) is 30.0 Å². The Hall–Kier alpha value is -2.63. The fraction of sp³-hybridized carbons (Fsp3) is 0.476. The van der Waals surface area contributed by atoms with Crippen LogP contribution in [0.1, 0.15) is 57.0 Å². The molecule has 6 heteroatoms. The van der Waals surface area contributed by atoms with Gasteiger partial charge in [-0.1, -0.05) is 16.8 Å². The van der Waals surface area contributed by atoms with Gasteiger partial charge in [0.15, 0.2) is 5.78 Å². The molecule has 4 rings (SSSR count). The molecule has 1 atom stereocenters. The number of hydrogen-bond donors (Lipinski definition) is 0. The lowest BCUT2D eigenvalue weighted by Gasteiger charge is -2.37. The summed E-state index contributed by atoms with van der Waals surface area (Å²) in [6.07, 6.45) is 1.96. The van der Waals surface area contributed by atoms with Crippen molar-refractivity contribution in [1.82, 2.24) is 10.1 Å². The Morgan fingerprint density at radius 2 is 1.93 bits per heavy atom. The standard InChI is InChI=1S/C21H24N2O4/c1-12-4-5-18-16(10-12)17(24)11-19(26-18)15-6-8-23(9-7-15)21(25)20-13(2)22-27-14(20)3/h4-5,10,15,19H,6-9,11H2,1-3H3. The summed E-state index contributed by atoms with van der Waals surface area (Å²) in [6, 6.07) is 5.77. The van der Waals surface area contributed by atoms with E-state index in [9.17, 15) is 9.59 Å². The molecular formula is C21H24N2O4. The van der Waals surface area contributed by atoms with Crippen LogP contribution in [0.25, 0.3) is 0 Å². The van der Waals surface area contributed by atoms with Crippen molar-refractivity contribution in [1.29, 1.82) is 0 Å². The Kier molecular flexibility index (Phi) is 4.50. The zero-order valence-corrected chi connectivity index (χ0v) is 15.9. The lowest BCUT2D eigenvalue weighted by atomic mass is 9.85. The van der Waals surface area contributed by atoms with Crippen molar-refractivity contribution in [2.45, 2.75) is 46.1 Å². The van der Waals surface area contributed by atoms with E-state index >= 15 is 0 Å². The number of carbonyl (C=O) groups excluding carboxylic acids is 2. The molecular weight excluding hydrogens is 344 g/mol. The summed E-state index contributed by atoms with van der Waals surface area (Å²) in [5, 5.41) is 3.88. The number of aromatic nitrogens is 1. The minimum atomic E-state index is -0.107. The second-order valence-electron chi connectivity index (χ2n) is 7.61. The van der Waals surface area contributed by atoms with Gasteiger partial charge in [0.1, 0.15) is 23.2 Å². The Bertz CT molecular complexity index is 874. The number of ketones is 1. The summed E-state index contributed by atoms with van der Waals surface area (Å²) >= 11 is 0. The molecule has 1 unspecified atom stereocenters. The van der Waals surface area contributed by atoms with Crippen LogP contribution >= 0.6 is 0 Å². The van der Waals surface area contributed by atoms with Crippen LogP contribution in [0.3, 0.4) is 0 Å². The van der Waals surface area contributed by atoms with Crippen LogP contribution in [-0.2, 0) is 0 Å². The van der Waals surface area contributed by atoms with Crippen molar-refractivity contribution in [2.24, 2.45) is 5.92 Å². The minimum absolute atomic E-state index is 0.0221. The third-order valence-corrected chi connectivity index (χ3v) is 5.70. The van der Waals surface area contributed by atoms with Crippen LogP contribution in [0.4, 0.5) is 0 Å². The van der Waals surface area contributed by atoms with Gasteiger partial charge in [0.05, 0.1) is 11.3 Å². The highest BCUT2D eigenvalue weighted by atomic mass is 16.5. The van der Waals surface area contributed by atoms with Crippen molar-refractivity contribution in [3.8, 4) is 5.75 Å². The average Bonchev–Trinajstić information content (AvgIpc) is 3.00. The molecule has 27 heavy (non-hydrogen) atoms. The van der Waals surface area contributed by atoms with E-state index < -0.39 is 0 Å². The number of nitrogens with zero attached hydrogens (tertiary/aromatic N) is 2. The molecule has 0 saturated carbocycles. The van der Waals surface area contributed by atoms with Gasteiger partial charge in [0.25, 0.3) is 5.91 Å². The van der Waals surface area contributed by atoms with E-state index in [1.165, 1.54) is 0 Å². The smallest absolute Gasteiger partial charge is 0.259 e. The van der Waals surface area contributed by atoms with E-state index in [2.05, 4.69) is 5.16 Å². The van der Waals surface area contributed by atoms with Crippen molar-refractivity contribution >= 4 is 11.7 Å². The molecule has 142 valence electrons. The molecule has 6 nitrogen and oxygen atoms in total. The number of Topliss-reactive ketones (excluding diaryl/α,β-unsaturated/α-hetero) is 1. The molecule has 0 aliphatic carbocycles. The number of rotatable bonds is 2. The SMILES string of the molecule is Cc1ccc2c(c1)C(=O)CC(C1CCN(C(=O)c3c(C)noc3C)CC1)O2. The number of aryl methyl sites for hydroxylation is 3. The molecule has 2 aromatic rings. The lowest BCUT2D eigenvalue weighted by molar-refractivity contribution is 0.0451. The molecule has 3 heterocycles. The Morgan fingerprint density at radius 1 is 1.19 bits per heavy atom. The summed E-state index contributed by atoms with van der Waals surface area (Å²) in [6.45, 7) is 6.84. The monoisotopic (exact) mass is 368 g/mol. The molecule has 0 N–H and O–H groups in total. The fourth-order valence-electron chi connectivity index (χ4n) is 4.15. The van der Waals surface area contributed by atoms with E-state index in [-0.39, 0.29) is 23.7 Å². The van der Waals surface area contributed by atoms with Gasteiger partial charge < -0.3 is 14.2 Å². The van der Waals surface area contributed by atoms with Gasteiger partial charge >= 0.3 is 0 Å². The van der Waals surface area contributed by atoms with Gasteiger partial charge in [-0.25, -0.2) is 0 Å². The second-order valence-corrected chi connectivity index (χ2v) is 7.61.